The van der Waals surface area contributed by atoms with Crippen molar-refractivity contribution in [1.82, 2.24) is 15.1 Å². The first-order valence-electron chi connectivity index (χ1n) is 5.65. The molecule has 3 N–H and O–H groups in total. The van der Waals surface area contributed by atoms with Gasteiger partial charge in [-0.1, -0.05) is 19.1 Å². The Morgan fingerprint density at radius 1 is 1.72 bits per heavy atom. The minimum atomic E-state index is -0.253. The lowest BCUT2D eigenvalue weighted by Crippen LogP contribution is -2.37. The van der Waals surface area contributed by atoms with Crippen LogP contribution in [0.25, 0.3) is 0 Å². The second kappa shape index (κ2) is 6.34. The molecule has 1 heterocycles. The fourth-order valence-corrected chi connectivity index (χ4v) is 1.75. The van der Waals surface area contributed by atoms with Crippen LogP contribution in [0.5, 0.6) is 5.88 Å². The van der Waals surface area contributed by atoms with Crippen LogP contribution in [0, 0.1) is 0 Å². The molecule has 1 aromatic rings. The SMILES string of the molecule is CCC(CC(N)=S)NC(=O)c1cc(OC)n(C)n1. The first kappa shape index (κ1) is 14.4. The van der Waals surface area contributed by atoms with E-state index < -0.39 is 0 Å². The van der Waals surface area contributed by atoms with E-state index in [1.807, 2.05) is 6.92 Å². The van der Waals surface area contributed by atoms with Crippen molar-refractivity contribution in [2.75, 3.05) is 7.11 Å². The molecule has 0 aliphatic carbocycles. The number of amides is 1. The van der Waals surface area contributed by atoms with Crippen molar-refractivity contribution in [3.05, 3.63) is 11.8 Å². The van der Waals surface area contributed by atoms with Crippen LogP contribution < -0.4 is 15.8 Å². The van der Waals surface area contributed by atoms with E-state index >= 15 is 0 Å². The fraction of sp³-hybridized carbons (Fsp3) is 0.545. The second-order valence-electron chi connectivity index (χ2n) is 3.94. The van der Waals surface area contributed by atoms with E-state index in [-0.39, 0.29) is 11.9 Å². The summed E-state index contributed by atoms with van der Waals surface area (Å²) in [7, 11) is 3.24. The molecular formula is C11H18N4O2S. The number of thiocarbonyl (C=S) groups is 1. The molecule has 0 fully saturated rings. The summed E-state index contributed by atoms with van der Waals surface area (Å²) in [5.41, 5.74) is 5.79. The van der Waals surface area contributed by atoms with Gasteiger partial charge in [-0.3, -0.25) is 4.79 Å². The van der Waals surface area contributed by atoms with Crippen molar-refractivity contribution in [2.45, 2.75) is 25.8 Å². The number of methoxy groups -OCH3 is 1. The average molecular weight is 270 g/mol. The Hall–Kier alpha value is -1.63. The molecule has 1 atom stereocenters. The molecule has 18 heavy (non-hydrogen) atoms. The molecular weight excluding hydrogens is 252 g/mol. The molecule has 1 aromatic heterocycles. The molecule has 0 aliphatic heterocycles. The van der Waals surface area contributed by atoms with Gasteiger partial charge in [-0.2, -0.15) is 5.10 Å². The molecule has 0 saturated heterocycles. The van der Waals surface area contributed by atoms with Crippen LogP contribution in [0.15, 0.2) is 6.07 Å². The highest BCUT2D eigenvalue weighted by Crippen LogP contribution is 2.11. The fourth-order valence-electron chi connectivity index (χ4n) is 1.55. The molecule has 1 rings (SSSR count). The molecule has 0 aromatic carbocycles. The van der Waals surface area contributed by atoms with Gasteiger partial charge in [0.05, 0.1) is 12.1 Å². The molecule has 0 bridgehead atoms. The van der Waals surface area contributed by atoms with Crippen LogP contribution in [0.4, 0.5) is 0 Å². The van der Waals surface area contributed by atoms with Crippen molar-refractivity contribution >= 4 is 23.1 Å². The molecule has 100 valence electrons. The Balaban J connectivity index is 2.71. The number of hydrogen-bond donors (Lipinski definition) is 2. The van der Waals surface area contributed by atoms with E-state index in [9.17, 15) is 4.79 Å². The van der Waals surface area contributed by atoms with Crippen LogP contribution in [-0.4, -0.2) is 33.8 Å². The summed E-state index contributed by atoms with van der Waals surface area (Å²) in [4.78, 5) is 12.3. The molecule has 0 saturated carbocycles. The Bertz CT molecular complexity index is 444. The van der Waals surface area contributed by atoms with Crippen LogP contribution in [0.3, 0.4) is 0 Å². The minimum Gasteiger partial charge on any atom is -0.481 e. The lowest BCUT2D eigenvalue weighted by Gasteiger charge is -2.15. The van der Waals surface area contributed by atoms with E-state index in [0.717, 1.165) is 6.42 Å². The third-order valence-corrected chi connectivity index (χ3v) is 2.72. The van der Waals surface area contributed by atoms with E-state index in [0.29, 0.717) is 23.0 Å². The predicted molar refractivity (Wildman–Crippen MR) is 72.7 cm³/mol. The zero-order valence-electron chi connectivity index (χ0n) is 10.8. The van der Waals surface area contributed by atoms with Gasteiger partial charge in [0.25, 0.3) is 5.91 Å². The molecule has 0 radical (unpaired) electrons. The summed E-state index contributed by atoms with van der Waals surface area (Å²) in [6.07, 6.45) is 1.24. The van der Waals surface area contributed by atoms with Gasteiger partial charge < -0.3 is 15.8 Å². The average Bonchev–Trinajstić information content (AvgIpc) is 2.69. The van der Waals surface area contributed by atoms with Crippen molar-refractivity contribution in [3.8, 4) is 5.88 Å². The minimum absolute atomic E-state index is 0.0667. The molecule has 1 unspecified atom stereocenters. The maximum atomic E-state index is 12.0. The van der Waals surface area contributed by atoms with Crippen LogP contribution >= 0.6 is 12.2 Å². The van der Waals surface area contributed by atoms with Gasteiger partial charge in [0.2, 0.25) is 5.88 Å². The topological polar surface area (TPSA) is 82.2 Å². The molecule has 6 nitrogen and oxygen atoms in total. The van der Waals surface area contributed by atoms with Crippen molar-refractivity contribution in [2.24, 2.45) is 12.8 Å². The summed E-state index contributed by atoms with van der Waals surface area (Å²) in [6, 6.07) is 1.52. The Morgan fingerprint density at radius 2 is 2.39 bits per heavy atom. The second-order valence-corrected chi connectivity index (χ2v) is 4.47. The number of carbonyl (C=O) groups excluding carboxylic acids is 1. The third kappa shape index (κ3) is 3.69. The molecule has 0 aliphatic rings. The zero-order chi connectivity index (χ0) is 13.7. The van der Waals surface area contributed by atoms with Gasteiger partial charge in [0.1, 0.15) is 0 Å². The number of carbonyl (C=O) groups is 1. The van der Waals surface area contributed by atoms with Gasteiger partial charge >= 0.3 is 0 Å². The van der Waals surface area contributed by atoms with Crippen molar-refractivity contribution < 1.29 is 9.53 Å². The maximum Gasteiger partial charge on any atom is 0.272 e. The number of aromatic nitrogens is 2. The van der Waals surface area contributed by atoms with Crippen LogP contribution in [0.1, 0.15) is 30.3 Å². The number of nitrogens with two attached hydrogens (primary N) is 1. The first-order chi connectivity index (χ1) is 8.47. The van der Waals surface area contributed by atoms with Crippen molar-refractivity contribution in [3.63, 3.8) is 0 Å². The highest BCUT2D eigenvalue weighted by Gasteiger charge is 2.17. The number of rotatable bonds is 6. The first-order valence-corrected chi connectivity index (χ1v) is 6.06. The largest absolute Gasteiger partial charge is 0.481 e. The number of aryl methyl sites for hydroxylation is 1. The van der Waals surface area contributed by atoms with E-state index in [1.165, 1.54) is 11.8 Å². The summed E-state index contributed by atoms with van der Waals surface area (Å²) >= 11 is 4.84. The van der Waals surface area contributed by atoms with Gasteiger partial charge in [-0.25, -0.2) is 4.68 Å². The number of nitrogens with one attached hydrogen (secondary N) is 1. The zero-order valence-corrected chi connectivity index (χ0v) is 11.6. The molecule has 1 amide bonds. The lowest BCUT2D eigenvalue weighted by atomic mass is 10.1. The van der Waals surface area contributed by atoms with Gasteiger partial charge in [-0.15, -0.1) is 0 Å². The molecule has 7 heteroatoms. The Morgan fingerprint density at radius 3 is 2.83 bits per heavy atom. The van der Waals surface area contributed by atoms with Gasteiger partial charge in [0, 0.05) is 25.6 Å². The van der Waals surface area contributed by atoms with Crippen LogP contribution in [0.2, 0.25) is 0 Å². The summed E-state index contributed by atoms with van der Waals surface area (Å²) in [5.74, 6) is 0.277. The van der Waals surface area contributed by atoms with Crippen molar-refractivity contribution in [1.29, 1.82) is 0 Å². The highest BCUT2D eigenvalue weighted by molar-refractivity contribution is 7.80. The smallest absolute Gasteiger partial charge is 0.272 e. The summed E-state index contributed by atoms with van der Waals surface area (Å²) in [5, 5.41) is 6.90. The molecule has 0 spiro atoms. The number of nitrogens with zero attached hydrogens (tertiary/aromatic N) is 2. The number of hydrogen-bond acceptors (Lipinski definition) is 4. The third-order valence-electron chi connectivity index (χ3n) is 2.55. The van der Waals surface area contributed by atoms with E-state index in [2.05, 4.69) is 10.4 Å². The highest BCUT2D eigenvalue weighted by atomic mass is 32.1. The Kier molecular flexibility index (Phi) is 5.08. The monoisotopic (exact) mass is 270 g/mol. The summed E-state index contributed by atoms with van der Waals surface area (Å²) in [6.45, 7) is 1.96. The predicted octanol–water partition coefficient (Wildman–Crippen LogP) is 0.613. The number of ether oxygens (including phenoxy) is 1. The van der Waals surface area contributed by atoms with E-state index in [1.54, 1.807) is 13.1 Å². The quantitative estimate of drug-likeness (QED) is 0.740. The Labute approximate surface area is 111 Å². The van der Waals surface area contributed by atoms with E-state index in [4.69, 9.17) is 22.7 Å². The normalized spacial score (nSPS) is 11.9. The maximum absolute atomic E-state index is 12.0. The summed E-state index contributed by atoms with van der Waals surface area (Å²) < 4.78 is 6.55. The van der Waals surface area contributed by atoms with Crippen LogP contribution in [-0.2, 0) is 7.05 Å². The van der Waals surface area contributed by atoms with Gasteiger partial charge in [-0.05, 0) is 6.42 Å². The lowest BCUT2D eigenvalue weighted by molar-refractivity contribution is 0.0931. The van der Waals surface area contributed by atoms with Gasteiger partial charge in [0.15, 0.2) is 5.69 Å². The standard InChI is InChI=1S/C11H18N4O2S/c1-4-7(5-9(12)18)13-11(16)8-6-10(17-3)15(2)14-8/h6-7H,4-5H2,1-3H3,(H2,12,18)(H,13,16).